The quantitative estimate of drug-likeness (QED) is 0.545. The van der Waals surface area contributed by atoms with Crippen LogP contribution >= 0.6 is 0 Å². The lowest BCUT2D eigenvalue weighted by Gasteiger charge is -2.20. The third-order valence-corrected chi connectivity index (χ3v) is 2.32. The molecule has 0 saturated carbocycles. The fourth-order valence-corrected chi connectivity index (χ4v) is 1.62. The van der Waals surface area contributed by atoms with Gasteiger partial charge in [-0.05, 0) is 27.7 Å². The minimum Gasteiger partial charge on any atom is -0.370 e. The van der Waals surface area contributed by atoms with Crippen LogP contribution in [0.1, 0.15) is 27.7 Å². The Morgan fingerprint density at radius 3 is 2.33 bits per heavy atom. The van der Waals surface area contributed by atoms with Crippen LogP contribution in [0.4, 0.5) is 17.3 Å². The molecule has 0 unspecified atom stereocenters. The van der Waals surface area contributed by atoms with Crippen molar-refractivity contribution >= 4 is 23.2 Å². The van der Waals surface area contributed by atoms with E-state index in [0.717, 1.165) is 0 Å². The number of hydrogen-bond acceptors (Lipinski definition) is 6. The van der Waals surface area contributed by atoms with Gasteiger partial charge in [0.2, 0.25) is 5.91 Å². The molecule has 1 aromatic rings. The first-order valence-electron chi connectivity index (χ1n) is 6.66. The largest absolute Gasteiger partial charge is 0.370 e. The van der Waals surface area contributed by atoms with Gasteiger partial charge in [0, 0.05) is 12.1 Å². The van der Waals surface area contributed by atoms with E-state index in [1.807, 2.05) is 27.7 Å². The van der Waals surface area contributed by atoms with Gasteiger partial charge in [-0.15, -0.1) is 0 Å². The molecule has 0 spiro atoms. The molecule has 8 nitrogen and oxygen atoms in total. The number of carbonyl (C=O) groups excluding carboxylic acids is 1. The fraction of sp³-hybridized carbons (Fsp3) is 0.538. The molecule has 0 aliphatic heterocycles. The predicted octanol–water partition coefficient (Wildman–Crippen LogP) is 1.75. The highest BCUT2D eigenvalue weighted by molar-refractivity contribution is 5.81. The normalized spacial score (nSPS) is 10.9. The summed E-state index contributed by atoms with van der Waals surface area (Å²) in [4.78, 5) is 26.3. The SMILES string of the molecule is CCNc1cc([N+](=O)[O-])cc(NCC(=O)NC(C)(C)C)n1. The second kappa shape index (κ2) is 6.87. The van der Waals surface area contributed by atoms with Gasteiger partial charge in [-0.3, -0.25) is 14.9 Å². The van der Waals surface area contributed by atoms with E-state index in [-0.39, 0.29) is 29.5 Å². The molecule has 0 aliphatic carbocycles. The smallest absolute Gasteiger partial charge is 0.276 e. The summed E-state index contributed by atoms with van der Waals surface area (Å²) in [6, 6.07) is 2.65. The molecule has 0 fully saturated rings. The van der Waals surface area contributed by atoms with E-state index >= 15 is 0 Å². The molecule has 0 radical (unpaired) electrons. The second-order valence-corrected chi connectivity index (χ2v) is 5.53. The Bertz CT molecular complexity index is 525. The van der Waals surface area contributed by atoms with Crippen molar-refractivity contribution in [3.63, 3.8) is 0 Å². The number of aromatic nitrogens is 1. The molecule has 3 N–H and O–H groups in total. The average molecular weight is 295 g/mol. The summed E-state index contributed by atoms with van der Waals surface area (Å²) in [5.41, 5.74) is -0.413. The molecular formula is C13H21N5O3. The topological polar surface area (TPSA) is 109 Å². The zero-order valence-corrected chi connectivity index (χ0v) is 12.7. The molecule has 0 aliphatic rings. The number of nitrogens with zero attached hydrogens (tertiary/aromatic N) is 2. The Kier molecular flexibility index (Phi) is 5.45. The van der Waals surface area contributed by atoms with Gasteiger partial charge in [0.25, 0.3) is 5.69 Å². The van der Waals surface area contributed by atoms with Crippen molar-refractivity contribution in [2.45, 2.75) is 33.2 Å². The maximum absolute atomic E-state index is 11.7. The van der Waals surface area contributed by atoms with Crippen LogP contribution in [-0.2, 0) is 4.79 Å². The molecular weight excluding hydrogens is 274 g/mol. The monoisotopic (exact) mass is 295 g/mol. The van der Waals surface area contributed by atoms with Gasteiger partial charge in [0.05, 0.1) is 23.6 Å². The number of anilines is 2. The van der Waals surface area contributed by atoms with Crippen molar-refractivity contribution in [2.24, 2.45) is 0 Å². The number of hydrogen-bond donors (Lipinski definition) is 3. The summed E-state index contributed by atoms with van der Waals surface area (Å²) in [6.45, 7) is 8.08. The van der Waals surface area contributed by atoms with Gasteiger partial charge in [0.15, 0.2) is 0 Å². The summed E-state index contributed by atoms with van der Waals surface area (Å²) in [6.07, 6.45) is 0. The molecule has 0 aromatic carbocycles. The Morgan fingerprint density at radius 1 is 1.29 bits per heavy atom. The number of amides is 1. The number of rotatable bonds is 6. The zero-order chi connectivity index (χ0) is 16.0. The zero-order valence-electron chi connectivity index (χ0n) is 12.7. The number of nitro groups is 1. The van der Waals surface area contributed by atoms with E-state index in [1.54, 1.807) is 0 Å². The molecule has 1 aromatic heterocycles. The number of pyridine rings is 1. The lowest BCUT2D eigenvalue weighted by Crippen LogP contribution is -2.43. The van der Waals surface area contributed by atoms with Crippen molar-refractivity contribution in [3.8, 4) is 0 Å². The maximum atomic E-state index is 11.7. The molecule has 1 rings (SSSR count). The summed E-state index contributed by atoms with van der Waals surface area (Å²) in [5, 5.41) is 19.4. The van der Waals surface area contributed by atoms with E-state index in [4.69, 9.17) is 0 Å². The summed E-state index contributed by atoms with van der Waals surface area (Å²) >= 11 is 0. The van der Waals surface area contributed by atoms with Crippen molar-refractivity contribution < 1.29 is 9.72 Å². The van der Waals surface area contributed by atoms with Crippen molar-refractivity contribution in [2.75, 3.05) is 23.7 Å². The first kappa shape index (κ1) is 16.7. The van der Waals surface area contributed by atoms with E-state index in [2.05, 4.69) is 20.9 Å². The molecule has 116 valence electrons. The van der Waals surface area contributed by atoms with Crippen LogP contribution in [0.3, 0.4) is 0 Å². The van der Waals surface area contributed by atoms with Crippen LogP contribution in [0.25, 0.3) is 0 Å². The van der Waals surface area contributed by atoms with Crippen LogP contribution in [0.5, 0.6) is 0 Å². The predicted molar refractivity (Wildman–Crippen MR) is 81.4 cm³/mol. The molecule has 21 heavy (non-hydrogen) atoms. The van der Waals surface area contributed by atoms with Crippen molar-refractivity contribution in [1.82, 2.24) is 10.3 Å². The number of nitrogens with one attached hydrogen (secondary N) is 3. The summed E-state index contributed by atoms with van der Waals surface area (Å²) in [7, 11) is 0. The first-order chi connectivity index (χ1) is 9.71. The number of carbonyl (C=O) groups is 1. The van der Waals surface area contributed by atoms with Crippen LogP contribution < -0.4 is 16.0 Å². The third-order valence-electron chi connectivity index (χ3n) is 2.32. The maximum Gasteiger partial charge on any atom is 0.276 e. The van der Waals surface area contributed by atoms with Gasteiger partial charge in [-0.1, -0.05) is 0 Å². The average Bonchev–Trinajstić information content (AvgIpc) is 2.34. The molecule has 0 atom stereocenters. The summed E-state index contributed by atoms with van der Waals surface area (Å²) in [5.74, 6) is 0.468. The third kappa shape index (κ3) is 6.07. The minimum atomic E-state index is -0.497. The molecule has 0 saturated heterocycles. The molecule has 1 amide bonds. The highest BCUT2D eigenvalue weighted by atomic mass is 16.6. The van der Waals surface area contributed by atoms with Crippen LogP contribution in [0, 0.1) is 10.1 Å². The molecule has 0 bridgehead atoms. The van der Waals surface area contributed by atoms with Crippen molar-refractivity contribution in [3.05, 3.63) is 22.2 Å². The van der Waals surface area contributed by atoms with Gasteiger partial charge >= 0.3 is 0 Å². The Labute approximate surface area is 123 Å². The van der Waals surface area contributed by atoms with E-state index in [9.17, 15) is 14.9 Å². The van der Waals surface area contributed by atoms with Crippen molar-refractivity contribution in [1.29, 1.82) is 0 Å². The van der Waals surface area contributed by atoms with E-state index < -0.39 is 4.92 Å². The Hall–Kier alpha value is -2.38. The van der Waals surface area contributed by atoms with Crippen LogP contribution in [0.2, 0.25) is 0 Å². The van der Waals surface area contributed by atoms with Crippen LogP contribution in [0.15, 0.2) is 12.1 Å². The van der Waals surface area contributed by atoms with E-state index in [0.29, 0.717) is 12.4 Å². The molecule has 1 heterocycles. The fourth-order valence-electron chi connectivity index (χ4n) is 1.62. The minimum absolute atomic E-state index is 0.00297. The van der Waals surface area contributed by atoms with E-state index in [1.165, 1.54) is 12.1 Å². The Morgan fingerprint density at radius 2 is 1.86 bits per heavy atom. The first-order valence-corrected chi connectivity index (χ1v) is 6.66. The van der Waals surface area contributed by atoms with Gasteiger partial charge in [-0.25, -0.2) is 4.98 Å². The Balaban J connectivity index is 2.78. The second-order valence-electron chi connectivity index (χ2n) is 5.53. The summed E-state index contributed by atoms with van der Waals surface area (Å²) < 4.78 is 0. The van der Waals surface area contributed by atoms with Gasteiger partial charge in [-0.2, -0.15) is 0 Å². The highest BCUT2D eigenvalue weighted by Gasteiger charge is 2.15. The highest BCUT2D eigenvalue weighted by Crippen LogP contribution is 2.20. The van der Waals surface area contributed by atoms with Crippen LogP contribution in [-0.4, -0.2) is 34.4 Å². The lowest BCUT2D eigenvalue weighted by molar-refractivity contribution is -0.384. The standard InChI is InChI=1S/C13H21N5O3/c1-5-14-10-6-9(18(20)21)7-11(16-10)15-8-12(19)17-13(2,3)4/h6-7H,5,8H2,1-4H3,(H,17,19)(H2,14,15,16). The van der Waals surface area contributed by atoms with Gasteiger partial charge in [0.1, 0.15) is 11.6 Å². The molecule has 8 heteroatoms. The lowest BCUT2D eigenvalue weighted by atomic mass is 10.1. The van der Waals surface area contributed by atoms with Gasteiger partial charge < -0.3 is 16.0 Å².